The maximum absolute atomic E-state index is 11.2. The summed E-state index contributed by atoms with van der Waals surface area (Å²) in [7, 11) is 0. The number of carbonyl (C=O) groups is 2. The SMILES string of the molecule is CS/C(=N\C(=O)OC(C)(C)C)NC(C)=O. The average Bonchev–Trinajstić information content (AvgIpc) is 1.98. The Kier molecular flexibility index (Phi) is 5.35. The van der Waals surface area contributed by atoms with Gasteiger partial charge in [0, 0.05) is 6.92 Å². The van der Waals surface area contributed by atoms with E-state index in [0.717, 1.165) is 0 Å². The first kappa shape index (κ1) is 14.0. The van der Waals surface area contributed by atoms with Gasteiger partial charge in [-0.15, -0.1) is 0 Å². The van der Waals surface area contributed by atoms with Gasteiger partial charge in [-0.1, -0.05) is 11.8 Å². The zero-order valence-electron chi connectivity index (χ0n) is 9.58. The van der Waals surface area contributed by atoms with Crippen molar-refractivity contribution < 1.29 is 14.3 Å². The van der Waals surface area contributed by atoms with Gasteiger partial charge < -0.3 is 10.1 Å². The van der Waals surface area contributed by atoms with Crippen molar-refractivity contribution in [1.82, 2.24) is 5.32 Å². The van der Waals surface area contributed by atoms with Crippen molar-refractivity contribution in [3.8, 4) is 0 Å². The Morgan fingerprint density at radius 2 is 1.87 bits per heavy atom. The monoisotopic (exact) mass is 232 g/mol. The number of rotatable bonds is 0. The van der Waals surface area contributed by atoms with E-state index in [1.807, 2.05) is 0 Å². The molecule has 0 fully saturated rings. The molecule has 0 spiro atoms. The van der Waals surface area contributed by atoms with E-state index < -0.39 is 11.7 Å². The summed E-state index contributed by atoms with van der Waals surface area (Å²) in [6.45, 7) is 6.59. The Hall–Kier alpha value is -1.04. The summed E-state index contributed by atoms with van der Waals surface area (Å²) < 4.78 is 4.96. The number of hydrogen-bond donors (Lipinski definition) is 1. The van der Waals surface area contributed by atoms with E-state index in [1.54, 1.807) is 27.0 Å². The Morgan fingerprint density at radius 1 is 1.33 bits per heavy atom. The number of amides is 2. The fourth-order valence-corrected chi connectivity index (χ4v) is 1.05. The van der Waals surface area contributed by atoms with E-state index in [1.165, 1.54) is 18.7 Å². The number of carbonyl (C=O) groups excluding carboxylic acids is 2. The van der Waals surface area contributed by atoms with Crippen LogP contribution < -0.4 is 5.32 Å². The molecule has 0 unspecified atom stereocenters. The average molecular weight is 232 g/mol. The van der Waals surface area contributed by atoms with Gasteiger partial charge in [0.25, 0.3) is 0 Å². The molecule has 0 aromatic heterocycles. The van der Waals surface area contributed by atoms with Gasteiger partial charge in [-0.3, -0.25) is 4.79 Å². The highest BCUT2D eigenvalue weighted by atomic mass is 32.2. The van der Waals surface area contributed by atoms with Gasteiger partial charge in [-0.2, -0.15) is 4.99 Å². The zero-order valence-corrected chi connectivity index (χ0v) is 10.4. The Labute approximate surface area is 93.7 Å². The summed E-state index contributed by atoms with van der Waals surface area (Å²) >= 11 is 1.17. The van der Waals surface area contributed by atoms with Crippen LogP contribution >= 0.6 is 11.8 Å². The third-order valence-electron chi connectivity index (χ3n) is 1.06. The van der Waals surface area contributed by atoms with Crippen LogP contribution in [-0.4, -0.2) is 29.0 Å². The zero-order chi connectivity index (χ0) is 12.1. The number of amidine groups is 1. The molecule has 0 rings (SSSR count). The minimum atomic E-state index is -0.708. The molecule has 15 heavy (non-hydrogen) atoms. The van der Waals surface area contributed by atoms with E-state index in [2.05, 4.69) is 10.3 Å². The Morgan fingerprint density at radius 3 is 2.20 bits per heavy atom. The van der Waals surface area contributed by atoms with Crippen LogP contribution in [0.15, 0.2) is 4.99 Å². The molecule has 86 valence electrons. The van der Waals surface area contributed by atoms with Crippen molar-refractivity contribution in [2.24, 2.45) is 4.99 Å². The van der Waals surface area contributed by atoms with E-state index in [0.29, 0.717) is 0 Å². The molecule has 0 atom stereocenters. The first-order chi connectivity index (χ1) is 6.74. The first-order valence-electron chi connectivity index (χ1n) is 4.38. The molecular weight excluding hydrogens is 216 g/mol. The van der Waals surface area contributed by atoms with E-state index in [-0.39, 0.29) is 11.1 Å². The molecule has 0 aliphatic rings. The van der Waals surface area contributed by atoms with Gasteiger partial charge in [0.2, 0.25) is 5.91 Å². The molecule has 6 heteroatoms. The lowest BCUT2D eigenvalue weighted by atomic mass is 10.2. The summed E-state index contributed by atoms with van der Waals surface area (Å²) in [5, 5.41) is 2.65. The minimum Gasteiger partial charge on any atom is -0.442 e. The molecular formula is C9H16N2O3S. The topological polar surface area (TPSA) is 67.8 Å². The fraction of sp³-hybridized carbons (Fsp3) is 0.667. The molecule has 5 nitrogen and oxygen atoms in total. The third kappa shape index (κ3) is 7.99. The van der Waals surface area contributed by atoms with Gasteiger partial charge in [0.05, 0.1) is 0 Å². The largest absolute Gasteiger partial charge is 0.442 e. The summed E-state index contributed by atoms with van der Waals surface area (Å²) in [6, 6.07) is 0. The van der Waals surface area contributed by atoms with E-state index in [9.17, 15) is 9.59 Å². The highest BCUT2D eigenvalue weighted by Gasteiger charge is 2.16. The second-order valence-corrected chi connectivity index (χ2v) is 4.58. The van der Waals surface area contributed by atoms with Crippen molar-refractivity contribution >= 4 is 28.9 Å². The molecule has 0 bridgehead atoms. The molecule has 0 aliphatic carbocycles. The van der Waals surface area contributed by atoms with Crippen molar-refractivity contribution in [2.45, 2.75) is 33.3 Å². The molecule has 0 heterocycles. The van der Waals surface area contributed by atoms with Gasteiger partial charge in [0.15, 0.2) is 5.17 Å². The number of aliphatic imine (C=N–C) groups is 1. The lowest BCUT2D eigenvalue weighted by molar-refractivity contribution is -0.117. The quantitative estimate of drug-likeness (QED) is 0.510. The van der Waals surface area contributed by atoms with Gasteiger partial charge in [-0.05, 0) is 27.0 Å². The third-order valence-corrected chi connectivity index (χ3v) is 1.64. The molecule has 0 saturated heterocycles. The molecule has 0 saturated carbocycles. The van der Waals surface area contributed by atoms with Gasteiger partial charge >= 0.3 is 6.09 Å². The van der Waals surface area contributed by atoms with Crippen molar-refractivity contribution in [3.63, 3.8) is 0 Å². The minimum absolute atomic E-state index is 0.233. The Bertz CT molecular complexity index is 282. The first-order valence-corrected chi connectivity index (χ1v) is 5.60. The van der Waals surface area contributed by atoms with Crippen LogP contribution in [0.1, 0.15) is 27.7 Å². The predicted molar refractivity (Wildman–Crippen MR) is 61.0 cm³/mol. The van der Waals surface area contributed by atoms with Crippen LogP contribution in [-0.2, 0) is 9.53 Å². The number of hydrogen-bond acceptors (Lipinski definition) is 4. The van der Waals surface area contributed by atoms with Crippen LogP contribution in [0.4, 0.5) is 4.79 Å². The lowest BCUT2D eigenvalue weighted by Crippen LogP contribution is -2.28. The smallest absolute Gasteiger partial charge is 0.436 e. The van der Waals surface area contributed by atoms with Gasteiger partial charge in [0.1, 0.15) is 5.60 Å². The number of thioether (sulfide) groups is 1. The summed E-state index contributed by atoms with van der Waals surface area (Å²) in [5.74, 6) is -0.272. The van der Waals surface area contributed by atoms with Gasteiger partial charge in [-0.25, -0.2) is 4.79 Å². The number of ether oxygens (including phenoxy) is 1. The molecule has 2 amide bonds. The summed E-state index contributed by atoms with van der Waals surface area (Å²) in [5.41, 5.74) is -0.583. The summed E-state index contributed by atoms with van der Waals surface area (Å²) in [4.78, 5) is 25.6. The molecule has 0 radical (unpaired) electrons. The van der Waals surface area contributed by atoms with Crippen LogP contribution in [0, 0.1) is 0 Å². The molecule has 0 aromatic rings. The van der Waals surface area contributed by atoms with Crippen LogP contribution in [0.2, 0.25) is 0 Å². The predicted octanol–water partition coefficient (Wildman–Crippen LogP) is 1.78. The van der Waals surface area contributed by atoms with Crippen molar-refractivity contribution in [1.29, 1.82) is 0 Å². The van der Waals surface area contributed by atoms with Crippen LogP contribution in [0.25, 0.3) is 0 Å². The fourth-order valence-electron chi connectivity index (χ4n) is 0.643. The normalized spacial score (nSPS) is 12.2. The van der Waals surface area contributed by atoms with Crippen molar-refractivity contribution in [2.75, 3.05) is 6.26 Å². The van der Waals surface area contributed by atoms with E-state index in [4.69, 9.17) is 4.74 Å². The standard InChI is InChI=1S/C9H16N2O3S/c1-6(12)10-7(15-5)11-8(13)14-9(2,3)4/h1-5H3,(H,10,11,12,13). The molecule has 0 aromatic carbocycles. The van der Waals surface area contributed by atoms with E-state index >= 15 is 0 Å². The highest BCUT2D eigenvalue weighted by molar-refractivity contribution is 8.13. The molecule has 1 N–H and O–H groups in total. The highest BCUT2D eigenvalue weighted by Crippen LogP contribution is 2.08. The van der Waals surface area contributed by atoms with Crippen molar-refractivity contribution in [3.05, 3.63) is 0 Å². The summed E-state index contributed by atoms with van der Waals surface area (Å²) in [6.07, 6.45) is 1.000. The Balaban J connectivity index is 4.43. The number of nitrogens with zero attached hydrogens (tertiary/aromatic N) is 1. The number of nitrogens with one attached hydrogen (secondary N) is 1. The molecule has 0 aliphatic heterocycles. The second kappa shape index (κ2) is 5.75. The maximum Gasteiger partial charge on any atom is 0.436 e. The second-order valence-electron chi connectivity index (χ2n) is 3.78. The maximum atomic E-state index is 11.2. The van der Waals surface area contributed by atoms with Crippen LogP contribution in [0.3, 0.4) is 0 Å². The lowest BCUT2D eigenvalue weighted by Gasteiger charge is -2.17. The van der Waals surface area contributed by atoms with Crippen LogP contribution in [0.5, 0.6) is 0 Å².